The van der Waals surface area contributed by atoms with Crippen molar-refractivity contribution in [1.29, 1.82) is 0 Å². The molecule has 1 unspecified atom stereocenters. The van der Waals surface area contributed by atoms with Crippen molar-refractivity contribution in [2.45, 2.75) is 31.4 Å². The first kappa shape index (κ1) is 13.1. The molecule has 1 aliphatic rings. The Morgan fingerprint density at radius 3 is 1.85 bits per heavy atom. The van der Waals surface area contributed by atoms with E-state index in [1.165, 1.54) is 0 Å². The third kappa shape index (κ3) is 2.81. The summed E-state index contributed by atoms with van der Waals surface area (Å²) in [6.07, 6.45) is 2.61. The molecule has 3 rings (SSSR count). The van der Waals surface area contributed by atoms with Crippen LogP contribution in [0.15, 0.2) is 65.7 Å². The molecule has 2 aromatic carbocycles. The SMILES string of the molecule is OC1CCC[C@H]1N=C(c1ccccc1)c1ccccc1. The number of benzene rings is 2. The quantitative estimate of drug-likeness (QED) is 0.847. The molecule has 1 saturated carbocycles. The van der Waals surface area contributed by atoms with Crippen molar-refractivity contribution >= 4 is 5.71 Å². The first-order valence-corrected chi connectivity index (χ1v) is 7.21. The van der Waals surface area contributed by atoms with Gasteiger partial charge in [-0.3, -0.25) is 4.99 Å². The summed E-state index contributed by atoms with van der Waals surface area (Å²) in [6.45, 7) is 0. The van der Waals surface area contributed by atoms with Crippen LogP contribution >= 0.6 is 0 Å². The fourth-order valence-electron chi connectivity index (χ4n) is 2.75. The smallest absolute Gasteiger partial charge is 0.0766 e. The van der Waals surface area contributed by atoms with Gasteiger partial charge >= 0.3 is 0 Å². The molecule has 2 aromatic rings. The summed E-state index contributed by atoms with van der Waals surface area (Å²) < 4.78 is 0. The summed E-state index contributed by atoms with van der Waals surface area (Å²) in [5.41, 5.74) is 3.20. The lowest BCUT2D eigenvalue weighted by Crippen LogP contribution is -2.19. The lowest BCUT2D eigenvalue weighted by atomic mass is 10.0. The minimum atomic E-state index is -0.294. The number of aliphatic hydroxyl groups excluding tert-OH is 1. The molecule has 0 heterocycles. The number of hydrogen-bond donors (Lipinski definition) is 1. The molecule has 1 fully saturated rings. The van der Waals surface area contributed by atoms with Gasteiger partial charge in [-0.1, -0.05) is 60.7 Å². The van der Waals surface area contributed by atoms with Gasteiger partial charge in [-0.25, -0.2) is 0 Å². The van der Waals surface area contributed by atoms with Gasteiger partial charge in [0.25, 0.3) is 0 Å². The van der Waals surface area contributed by atoms with Crippen molar-refractivity contribution in [2.24, 2.45) is 4.99 Å². The van der Waals surface area contributed by atoms with Crippen LogP contribution in [0.5, 0.6) is 0 Å². The Kier molecular flexibility index (Phi) is 3.93. The predicted molar refractivity (Wildman–Crippen MR) is 82.2 cm³/mol. The molecule has 2 nitrogen and oxygen atoms in total. The molecule has 2 atom stereocenters. The highest BCUT2D eigenvalue weighted by molar-refractivity contribution is 6.12. The number of rotatable bonds is 3. The number of hydrogen-bond acceptors (Lipinski definition) is 2. The third-order valence-corrected chi connectivity index (χ3v) is 3.83. The highest BCUT2D eigenvalue weighted by Gasteiger charge is 2.25. The Morgan fingerprint density at radius 2 is 1.40 bits per heavy atom. The predicted octanol–water partition coefficient (Wildman–Crippen LogP) is 3.44. The van der Waals surface area contributed by atoms with Crippen LogP contribution in [0.25, 0.3) is 0 Å². The monoisotopic (exact) mass is 265 g/mol. The molecule has 0 aliphatic heterocycles. The maximum absolute atomic E-state index is 10.0. The van der Waals surface area contributed by atoms with Crippen LogP contribution in [-0.4, -0.2) is 23.0 Å². The van der Waals surface area contributed by atoms with Crippen LogP contribution in [0.1, 0.15) is 30.4 Å². The van der Waals surface area contributed by atoms with Crippen molar-refractivity contribution in [3.8, 4) is 0 Å². The molecule has 0 aromatic heterocycles. The molecule has 0 radical (unpaired) electrons. The maximum Gasteiger partial charge on any atom is 0.0766 e. The van der Waals surface area contributed by atoms with Gasteiger partial charge in [0, 0.05) is 11.1 Å². The van der Waals surface area contributed by atoms with Gasteiger partial charge in [0.2, 0.25) is 0 Å². The highest BCUT2D eigenvalue weighted by Crippen LogP contribution is 2.24. The van der Waals surface area contributed by atoms with E-state index in [0.29, 0.717) is 0 Å². The summed E-state index contributed by atoms with van der Waals surface area (Å²) in [4.78, 5) is 4.86. The first-order valence-electron chi connectivity index (χ1n) is 7.21. The Balaban J connectivity index is 2.02. The summed E-state index contributed by atoms with van der Waals surface area (Å²) in [5.74, 6) is 0. The van der Waals surface area contributed by atoms with Crippen molar-refractivity contribution in [3.05, 3.63) is 71.8 Å². The Hall–Kier alpha value is -1.93. The van der Waals surface area contributed by atoms with Gasteiger partial charge in [0.05, 0.1) is 17.9 Å². The van der Waals surface area contributed by atoms with Gasteiger partial charge in [-0.2, -0.15) is 0 Å². The van der Waals surface area contributed by atoms with E-state index >= 15 is 0 Å². The summed E-state index contributed by atoms with van der Waals surface area (Å²) in [7, 11) is 0. The van der Waals surface area contributed by atoms with Crippen molar-refractivity contribution in [2.75, 3.05) is 0 Å². The molecule has 0 amide bonds. The standard InChI is InChI=1S/C18H19NO/c20-17-13-7-12-16(17)19-18(14-8-3-1-4-9-14)15-10-5-2-6-11-15/h1-6,8-11,16-17,20H,7,12-13H2/t16-,17?/m1/s1. The van der Waals surface area contributed by atoms with Gasteiger partial charge in [-0.15, -0.1) is 0 Å². The topological polar surface area (TPSA) is 32.6 Å². The zero-order valence-corrected chi connectivity index (χ0v) is 11.4. The minimum Gasteiger partial charge on any atom is -0.391 e. The lowest BCUT2D eigenvalue weighted by molar-refractivity contribution is 0.166. The molecule has 102 valence electrons. The van der Waals surface area contributed by atoms with Crippen LogP contribution in [-0.2, 0) is 0 Å². The van der Waals surface area contributed by atoms with E-state index in [1.54, 1.807) is 0 Å². The second kappa shape index (κ2) is 6.02. The average Bonchev–Trinajstić information content (AvgIpc) is 2.92. The second-order valence-corrected chi connectivity index (χ2v) is 5.28. The third-order valence-electron chi connectivity index (χ3n) is 3.83. The average molecular weight is 265 g/mol. The van der Waals surface area contributed by atoms with E-state index in [9.17, 15) is 5.11 Å². The molecular weight excluding hydrogens is 246 g/mol. The van der Waals surface area contributed by atoms with Gasteiger partial charge in [0.1, 0.15) is 0 Å². The van der Waals surface area contributed by atoms with E-state index in [0.717, 1.165) is 36.1 Å². The Labute approximate surface area is 119 Å². The summed E-state index contributed by atoms with van der Waals surface area (Å²) in [6, 6.07) is 20.5. The minimum absolute atomic E-state index is 0.0328. The van der Waals surface area contributed by atoms with Crippen molar-refractivity contribution < 1.29 is 5.11 Å². The molecule has 1 aliphatic carbocycles. The van der Waals surface area contributed by atoms with Gasteiger partial charge < -0.3 is 5.11 Å². The van der Waals surface area contributed by atoms with E-state index in [2.05, 4.69) is 24.3 Å². The molecular formula is C18H19NO. The fourth-order valence-corrected chi connectivity index (χ4v) is 2.75. The fraction of sp³-hybridized carbons (Fsp3) is 0.278. The Morgan fingerprint density at radius 1 is 0.850 bits per heavy atom. The van der Waals surface area contributed by atoms with Crippen LogP contribution in [0.3, 0.4) is 0 Å². The molecule has 0 spiro atoms. The van der Waals surface area contributed by atoms with Crippen LogP contribution in [0, 0.1) is 0 Å². The highest BCUT2D eigenvalue weighted by atomic mass is 16.3. The van der Waals surface area contributed by atoms with Gasteiger partial charge in [0.15, 0.2) is 0 Å². The van der Waals surface area contributed by atoms with E-state index < -0.39 is 0 Å². The normalized spacial score (nSPS) is 21.6. The summed E-state index contributed by atoms with van der Waals surface area (Å²) >= 11 is 0. The van der Waals surface area contributed by atoms with E-state index in [4.69, 9.17) is 4.99 Å². The lowest BCUT2D eigenvalue weighted by Gasteiger charge is -2.14. The maximum atomic E-state index is 10.0. The van der Waals surface area contributed by atoms with E-state index in [-0.39, 0.29) is 12.1 Å². The Bertz CT molecular complexity index is 535. The van der Waals surface area contributed by atoms with Crippen LogP contribution < -0.4 is 0 Å². The number of nitrogens with zero attached hydrogens (tertiary/aromatic N) is 1. The van der Waals surface area contributed by atoms with E-state index in [1.807, 2.05) is 36.4 Å². The van der Waals surface area contributed by atoms with Crippen LogP contribution in [0.2, 0.25) is 0 Å². The molecule has 0 bridgehead atoms. The van der Waals surface area contributed by atoms with Crippen molar-refractivity contribution in [3.63, 3.8) is 0 Å². The zero-order valence-electron chi connectivity index (χ0n) is 11.4. The number of aliphatic hydroxyl groups is 1. The first-order chi connectivity index (χ1) is 9.84. The second-order valence-electron chi connectivity index (χ2n) is 5.28. The molecule has 1 N–H and O–H groups in total. The van der Waals surface area contributed by atoms with Crippen LogP contribution in [0.4, 0.5) is 0 Å². The molecule has 2 heteroatoms. The molecule has 0 saturated heterocycles. The molecule has 20 heavy (non-hydrogen) atoms. The zero-order chi connectivity index (χ0) is 13.8. The van der Waals surface area contributed by atoms with Crippen molar-refractivity contribution in [1.82, 2.24) is 0 Å². The van der Waals surface area contributed by atoms with Gasteiger partial charge in [-0.05, 0) is 19.3 Å². The summed E-state index contributed by atoms with van der Waals surface area (Å²) in [5, 5.41) is 10.0. The largest absolute Gasteiger partial charge is 0.391 e. The number of aliphatic imine (C=N–C) groups is 1.